The number of nitrogens with two attached hydrogens (primary N) is 1. The molecule has 0 radical (unpaired) electrons. The fraction of sp³-hybridized carbons (Fsp3) is 0.333. The summed E-state index contributed by atoms with van der Waals surface area (Å²) in [5.74, 6) is 0.952. The van der Waals surface area contributed by atoms with Crippen molar-refractivity contribution in [2.45, 2.75) is 19.4 Å². The molecule has 1 saturated heterocycles. The highest BCUT2D eigenvalue weighted by atomic mass is 16.5. The average molecular weight is 368 g/mol. The Kier molecular flexibility index (Phi) is 5.96. The highest BCUT2D eigenvalue weighted by molar-refractivity contribution is 5.94. The van der Waals surface area contributed by atoms with Crippen molar-refractivity contribution in [1.29, 1.82) is 0 Å². The van der Waals surface area contributed by atoms with Gasteiger partial charge in [-0.2, -0.15) is 0 Å². The van der Waals surface area contributed by atoms with E-state index in [1.54, 1.807) is 24.1 Å². The molecule has 2 N–H and O–H groups in total. The number of hydrogen-bond donors (Lipinski definition) is 1. The topological polar surface area (TPSA) is 81.9 Å². The number of methoxy groups -OCH3 is 1. The van der Waals surface area contributed by atoms with Gasteiger partial charge in [-0.15, -0.1) is 0 Å². The highest BCUT2D eigenvalue weighted by Crippen LogP contribution is 2.24. The molecule has 27 heavy (non-hydrogen) atoms. The third-order valence-corrected chi connectivity index (χ3v) is 4.85. The van der Waals surface area contributed by atoms with Crippen molar-refractivity contribution in [3.8, 4) is 11.5 Å². The summed E-state index contributed by atoms with van der Waals surface area (Å²) in [5, 5.41) is 0. The molecule has 1 aliphatic heterocycles. The fourth-order valence-corrected chi connectivity index (χ4v) is 3.25. The Morgan fingerprint density at radius 2 is 1.81 bits per heavy atom. The molecule has 0 aromatic heterocycles. The molecule has 2 amide bonds. The minimum Gasteiger partial charge on any atom is -0.496 e. The fourth-order valence-electron chi connectivity index (χ4n) is 3.25. The molecule has 2 aromatic carbocycles. The van der Waals surface area contributed by atoms with Crippen LogP contribution in [0.15, 0.2) is 48.5 Å². The number of nitrogens with zero attached hydrogens (tertiary/aromatic N) is 1. The van der Waals surface area contributed by atoms with Gasteiger partial charge in [0, 0.05) is 30.1 Å². The molecule has 0 unspecified atom stereocenters. The van der Waals surface area contributed by atoms with Crippen molar-refractivity contribution in [3.63, 3.8) is 0 Å². The van der Waals surface area contributed by atoms with E-state index in [9.17, 15) is 9.59 Å². The molecule has 1 heterocycles. The van der Waals surface area contributed by atoms with Crippen LogP contribution >= 0.6 is 0 Å². The largest absolute Gasteiger partial charge is 0.496 e. The van der Waals surface area contributed by atoms with Crippen molar-refractivity contribution in [2.75, 3.05) is 20.2 Å². The summed E-state index contributed by atoms with van der Waals surface area (Å²) in [6.07, 6.45) is 1.22. The Hall–Kier alpha value is -3.02. The number of carbonyl (C=O) groups excluding carboxylic acids is 2. The lowest BCUT2D eigenvalue weighted by molar-refractivity contribution is -0.123. The lowest BCUT2D eigenvalue weighted by Crippen LogP contribution is -2.41. The summed E-state index contributed by atoms with van der Waals surface area (Å²) in [6.45, 7) is 1.38. The summed E-state index contributed by atoms with van der Waals surface area (Å²) in [7, 11) is 1.59. The van der Waals surface area contributed by atoms with Crippen molar-refractivity contribution >= 4 is 11.8 Å². The quantitative estimate of drug-likeness (QED) is 0.850. The van der Waals surface area contributed by atoms with Crippen LogP contribution in [0.25, 0.3) is 0 Å². The minimum absolute atomic E-state index is 0.0541. The third kappa shape index (κ3) is 4.58. The van der Waals surface area contributed by atoms with Gasteiger partial charge in [0.2, 0.25) is 5.91 Å². The van der Waals surface area contributed by atoms with E-state index in [2.05, 4.69) is 0 Å². The van der Waals surface area contributed by atoms with Crippen molar-refractivity contribution in [3.05, 3.63) is 59.7 Å². The smallest absolute Gasteiger partial charge is 0.253 e. The maximum atomic E-state index is 12.8. The van der Waals surface area contributed by atoms with Crippen LogP contribution in [0.5, 0.6) is 11.5 Å². The van der Waals surface area contributed by atoms with Crippen molar-refractivity contribution < 1.29 is 19.1 Å². The lowest BCUT2D eigenvalue weighted by Gasteiger charge is -2.30. The molecule has 142 valence electrons. The Labute approximate surface area is 158 Å². The number of amides is 2. The van der Waals surface area contributed by atoms with E-state index < -0.39 is 0 Å². The van der Waals surface area contributed by atoms with Gasteiger partial charge in [0.05, 0.1) is 7.11 Å². The van der Waals surface area contributed by atoms with Crippen LogP contribution < -0.4 is 15.2 Å². The van der Waals surface area contributed by atoms with E-state index in [1.807, 2.05) is 36.4 Å². The first-order valence-corrected chi connectivity index (χ1v) is 9.02. The second-order valence-corrected chi connectivity index (χ2v) is 6.60. The minimum atomic E-state index is -0.285. The van der Waals surface area contributed by atoms with Gasteiger partial charge in [-0.3, -0.25) is 9.59 Å². The number of primary amides is 1. The molecule has 0 spiro atoms. The predicted octanol–water partition coefficient (Wildman–Crippen LogP) is 2.61. The lowest BCUT2D eigenvalue weighted by atomic mass is 9.95. The van der Waals surface area contributed by atoms with Gasteiger partial charge in [0.25, 0.3) is 5.91 Å². The van der Waals surface area contributed by atoms with Crippen LogP contribution in [0.2, 0.25) is 0 Å². The summed E-state index contributed by atoms with van der Waals surface area (Å²) in [6, 6.07) is 14.8. The third-order valence-electron chi connectivity index (χ3n) is 4.85. The molecule has 3 rings (SSSR count). The molecular formula is C21H24N2O4. The predicted molar refractivity (Wildman–Crippen MR) is 102 cm³/mol. The van der Waals surface area contributed by atoms with Crippen LogP contribution in [0, 0.1) is 5.92 Å². The van der Waals surface area contributed by atoms with Gasteiger partial charge in [-0.25, -0.2) is 0 Å². The Morgan fingerprint density at radius 3 is 2.44 bits per heavy atom. The number of para-hydroxylation sites is 1. The van der Waals surface area contributed by atoms with E-state index >= 15 is 0 Å². The summed E-state index contributed by atoms with van der Waals surface area (Å²) in [4.78, 5) is 25.9. The zero-order chi connectivity index (χ0) is 19.2. The highest BCUT2D eigenvalue weighted by Gasteiger charge is 2.26. The van der Waals surface area contributed by atoms with Gasteiger partial charge in [-0.1, -0.05) is 18.2 Å². The first-order valence-electron chi connectivity index (χ1n) is 9.02. The van der Waals surface area contributed by atoms with E-state index in [-0.39, 0.29) is 17.7 Å². The molecule has 0 bridgehead atoms. The first-order chi connectivity index (χ1) is 13.1. The Morgan fingerprint density at radius 1 is 1.11 bits per heavy atom. The second kappa shape index (κ2) is 8.58. The standard InChI is InChI=1S/C21H24N2O4/c1-26-19-8-7-16(13-17(19)14-27-18-5-3-2-4-6-18)21(25)23-11-9-15(10-12-23)20(22)24/h2-8,13,15H,9-12,14H2,1H3,(H2,22,24). The van der Waals surface area contributed by atoms with E-state index in [4.69, 9.17) is 15.2 Å². The molecule has 6 nitrogen and oxygen atoms in total. The van der Waals surface area contributed by atoms with Gasteiger partial charge in [0.15, 0.2) is 0 Å². The molecule has 0 saturated carbocycles. The first kappa shape index (κ1) is 18.8. The van der Waals surface area contributed by atoms with Crippen molar-refractivity contribution in [1.82, 2.24) is 4.90 Å². The molecule has 0 aliphatic carbocycles. The van der Waals surface area contributed by atoms with Crippen LogP contribution in [0.4, 0.5) is 0 Å². The molecule has 6 heteroatoms. The number of carbonyl (C=O) groups is 2. The van der Waals surface area contributed by atoms with E-state index in [0.29, 0.717) is 43.9 Å². The number of ether oxygens (including phenoxy) is 2. The maximum Gasteiger partial charge on any atom is 0.253 e. The molecular weight excluding hydrogens is 344 g/mol. The van der Waals surface area contributed by atoms with Gasteiger partial charge in [0.1, 0.15) is 18.1 Å². The monoisotopic (exact) mass is 368 g/mol. The molecule has 1 fully saturated rings. The number of piperidine rings is 1. The van der Waals surface area contributed by atoms with Gasteiger partial charge >= 0.3 is 0 Å². The van der Waals surface area contributed by atoms with Crippen LogP contribution in [-0.4, -0.2) is 36.9 Å². The molecule has 1 aliphatic rings. The zero-order valence-electron chi connectivity index (χ0n) is 15.4. The number of benzene rings is 2. The van der Waals surface area contributed by atoms with Crippen LogP contribution in [0.3, 0.4) is 0 Å². The summed E-state index contributed by atoms with van der Waals surface area (Å²) >= 11 is 0. The number of hydrogen-bond acceptors (Lipinski definition) is 4. The zero-order valence-corrected chi connectivity index (χ0v) is 15.4. The van der Waals surface area contributed by atoms with E-state index in [0.717, 1.165) is 11.3 Å². The molecule has 2 aromatic rings. The average Bonchev–Trinajstić information content (AvgIpc) is 2.72. The summed E-state index contributed by atoms with van der Waals surface area (Å²) in [5.41, 5.74) is 6.75. The summed E-state index contributed by atoms with van der Waals surface area (Å²) < 4.78 is 11.2. The van der Waals surface area contributed by atoms with E-state index in [1.165, 1.54) is 0 Å². The number of likely N-dealkylation sites (tertiary alicyclic amines) is 1. The maximum absolute atomic E-state index is 12.8. The second-order valence-electron chi connectivity index (χ2n) is 6.60. The van der Waals surface area contributed by atoms with Crippen molar-refractivity contribution in [2.24, 2.45) is 11.7 Å². The SMILES string of the molecule is COc1ccc(C(=O)N2CCC(C(N)=O)CC2)cc1COc1ccccc1. The van der Waals surface area contributed by atoms with Crippen LogP contribution in [-0.2, 0) is 11.4 Å². The van der Waals surface area contributed by atoms with Crippen LogP contribution in [0.1, 0.15) is 28.8 Å². The normalized spacial score (nSPS) is 14.6. The molecule has 0 atom stereocenters. The Balaban J connectivity index is 1.70. The van der Waals surface area contributed by atoms with Gasteiger partial charge < -0.3 is 20.1 Å². The Bertz CT molecular complexity index is 799. The number of rotatable bonds is 6. The van der Waals surface area contributed by atoms with Gasteiger partial charge in [-0.05, 0) is 43.2 Å².